The first-order chi connectivity index (χ1) is 6.47. The molecule has 0 saturated heterocycles. The van der Waals surface area contributed by atoms with Crippen LogP contribution in [-0.4, -0.2) is 19.7 Å². The van der Waals surface area contributed by atoms with Crippen LogP contribution in [0, 0.1) is 23.7 Å². The summed E-state index contributed by atoms with van der Waals surface area (Å²) in [5.41, 5.74) is 0. The van der Waals surface area contributed by atoms with E-state index in [1.165, 1.54) is 6.92 Å². The van der Waals surface area contributed by atoms with Gasteiger partial charge in [0.05, 0.1) is 6.07 Å². The number of nitrogens with one attached hydrogen (secondary N) is 1. The molecule has 14 heavy (non-hydrogen) atoms. The van der Waals surface area contributed by atoms with Gasteiger partial charge < -0.3 is 0 Å². The summed E-state index contributed by atoms with van der Waals surface area (Å²) in [7, 11) is -3.55. The summed E-state index contributed by atoms with van der Waals surface area (Å²) < 4.78 is 25.2. The van der Waals surface area contributed by atoms with E-state index in [2.05, 4.69) is 10.6 Å². The molecule has 0 amide bonds. The number of sulfonamides is 1. The Morgan fingerprint density at radius 2 is 2.14 bits per heavy atom. The largest absolute Gasteiger partial charge is 0.227 e. The fraction of sp³-hybridized carbons (Fsp3) is 0.667. The molecule has 0 fully saturated rings. The average Bonchev–Trinajstić information content (AvgIpc) is 2.15. The van der Waals surface area contributed by atoms with E-state index in [1.54, 1.807) is 6.07 Å². The third-order valence-corrected chi connectivity index (χ3v) is 3.53. The molecular weight excluding hydrogens is 200 g/mol. The highest BCUT2D eigenvalue weighted by Gasteiger charge is 2.22. The molecule has 0 aromatic carbocycles. The van der Waals surface area contributed by atoms with Gasteiger partial charge in [-0.1, -0.05) is 6.92 Å². The van der Waals surface area contributed by atoms with Crippen molar-refractivity contribution in [2.75, 3.05) is 0 Å². The monoisotopic (exact) mass is 214 g/mol. The fourth-order valence-electron chi connectivity index (χ4n) is 0.815. The summed E-state index contributed by atoms with van der Waals surface area (Å²) in [6.45, 7) is 3.17. The van der Waals surface area contributed by atoms with Gasteiger partial charge in [-0.15, -0.1) is 12.3 Å². The lowest BCUT2D eigenvalue weighted by molar-refractivity contribution is 0.540. The van der Waals surface area contributed by atoms with Gasteiger partial charge in [-0.2, -0.15) is 5.26 Å². The van der Waals surface area contributed by atoms with Gasteiger partial charge in [-0.25, -0.2) is 13.1 Å². The summed E-state index contributed by atoms with van der Waals surface area (Å²) in [6, 6.07) is 1.40. The second-order valence-electron chi connectivity index (χ2n) is 2.95. The van der Waals surface area contributed by atoms with E-state index in [0.717, 1.165) is 0 Å². The zero-order valence-electron chi connectivity index (χ0n) is 8.32. The van der Waals surface area contributed by atoms with Crippen molar-refractivity contribution in [1.29, 1.82) is 5.26 Å². The first-order valence-corrected chi connectivity index (χ1v) is 5.86. The van der Waals surface area contributed by atoms with Crippen molar-refractivity contribution in [2.24, 2.45) is 0 Å². The van der Waals surface area contributed by atoms with Crippen LogP contribution in [0.25, 0.3) is 0 Å². The first kappa shape index (κ1) is 13.0. The highest BCUT2D eigenvalue weighted by molar-refractivity contribution is 7.90. The maximum atomic E-state index is 11.4. The number of terminal acetylenes is 1. The third kappa shape index (κ3) is 3.78. The predicted molar refractivity (Wildman–Crippen MR) is 54.7 cm³/mol. The van der Waals surface area contributed by atoms with E-state index >= 15 is 0 Å². The van der Waals surface area contributed by atoms with E-state index < -0.39 is 15.3 Å². The van der Waals surface area contributed by atoms with Crippen molar-refractivity contribution in [3.63, 3.8) is 0 Å². The summed E-state index contributed by atoms with van der Waals surface area (Å²) in [6.07, 6.45) is 6.04. The van der Waals surface area contributed by atoms with E-state index in [1.807, 2.05) is 6.92 Å². The Morgan fingerprint density at radius 1 is 1.57 bits per heavy atom. The second kappa shape index (κ2) is 5.64. The summed E-state index contributed by atoms with van der Waals surface area (Å²) >= 11 is 0. The van der Waals surface area contributed by atoms with Crippen LogP contribution in [-0.2, 0) is 10.0 Å². The minimum Gasteiger partial charge on any atom is -0.211 e. The van der Waals surface area contributed by atoms with E-state index in [-0.39, 0.29) is 6.04 Å². The van der Waals surface area contributed by atoms with Crippen LogP contribution in [0.5, 0.6) is 0 Å². The molecule has 78 valence electrons. The highest BCUT2D eigenvalue weighted by atomic mass is 32.2. The molecule has 0 aliphatic heterocycles. The van der Waals surface area contributed by atoms with Gasteiger partial charge in [-0.05, 0) is 13.3 Å². The molecule has 0 aromatic heterocycles. The maximum absolute atomic E-state index is 11.4. The molecule has 4 nitrogen and oxygen atoms in total. The number of rotatable bonds is 5. The van der Waals surface area contributed by atoms with Crippen molar-refractivity contribution >= 4 is 10.0 Å². The Bertz CT molecular complexity index is 348. The average molecular weight is 214 g/mol. The number of hydrogen-bond acceptors (Lipinski definition) is 3. The van der Waals surface area contributed by atoms with Crippen molar-refractivity contribution in [1.82, 2.24) is 4.72 Å². The number of nitriles is 1. The van der Waals surface area contributed by atoms with E-state index in [9.17, 15) is 8.42 Å². The van der Waals surface area contributed by atoms with Gasteiger partial charge in [0.1, 0.15) is 0 Å². The minimum atomic E-state index is -3.55. The third-order valence-electron chi connectivity index (χ3n) is 1.84. The molecule has 0 aliphatic carbocycles. The molecule has 0 aliphatic rings. The lowest BCUT2D eigenvalue weighted by Gasteiger charge is -2.15. The molecule has 0 radical (unpaired) electrons. The van der Waals surface area contributed by atoms with Crippen LogP contribution < -0.4 is 4.72 Å². The molecule has 0 saturated carbocycles. The number of nitrogens with zero attached hydrogens (tertiary/aromatic N) is 1. The van der Waals surface area contributed by atoms with Crippen molar-refractivity contribution in [3.8, 4) is 18.4 Å². The molecule has 0 heterocycles. The Labute approximate surface area is 85.4 Å². The molecule has 2 atom stereocenters. The van der Waals surface area contributed by atoms with Gasteiger partial charge in [0, 0.05) is 12.5 Å². The van der Waals surface area contributed by atoms with Gasteiger partial charge in [0.2, 0.25) is 10.0 Å². The smallest absolute Gasteiger partial charge is 0.211 e. The molecule has 0 spiro atoms. The van der Waals surface area contributed by atoms with Crippen LogP contribution in [0.15, 0.2) is 0 Å². The zero-order chi connectivity index (χ0) is 11.2. The Balaban J connectivity index is 4.52. The predicted octanol–water partition coefficient (Wildman–Crippen LogP) is 0.620. The van der Waals surface area contributed by atoms with Crippen molar-refractivity contribution in [2.45, 2.75) is 38.0 Å². The van der Waals surface area contributed by atoms with Gasteiger partial charge in [0.25, 0.3) is 0 Å². The Morgan fingerprint density at radius 3 is 2.50 bits per heavy atom. The minimum absolute atomic E-state index is 0.277. The van der Waals surface area contributed by atoms with Crippen LogP contribution >= 0.6 is 0 Å². The Kier molecular flexibility index (Phi) is 5.22. The lowest BCUT2D eigenvalue weighted by Crippen LogP contribution is -2.39. The normalized spacial score (nSPS) is 15.1. The van der Waals surface area contributed by atoms with Crippen molar-refractivity contribution in [3.05, 3.63) is 0 Å². The molecular formula is C9H14N2O2S. The van der Waals surface area contributed by atoms with E-state index in [4.69, 9.17) is 11.7 Å². The molecule has 0 aromatic rings. The fourth-order valence-corrected chi connectivity index (χ4v) is 1.87. The lowest BCUT2D eigenvalue weighted by atomic mass is 10.2. The zero-order valence-corrected chi connectivity index (χ0v) is 9.13. The van der Waals surface area contributed by atoms with Crippen LogP contribution in [0.2, 0.25) is 0 Å². The standard InChI is InChI=1S/C9H14N2O2S/c1-4-6-9(5-2)11-14(12,13)8(3)7-10/h1,8-9,11H,5-6H2,2-3H3. The number of hydrogen-bond donors (Lipinski definition) is 1. The summed E-state index contributed by atoms with van der Waals surface area (Å²) in [5.74, 6) is 2.39. The van der Waals surface area contributed by atoms with Crippen LogP contribution in [0.1, 0.15) is 26.7 Å². The topological polar surface area (TPSA) is 70.0 Å². The van der Waals surface area contributed by atoms with Gasteiger partial charge in [-0.3, -0.25) is 0 Å². The first-order valence-electron chi connectivity index (χ1n) is 4.32. The van der Waals surface area contributed by atoms with Crippen LogP contribution in [0.3, 0.4) is 0 Å². The highest BCUT2D eigenvalue weighted by Crippen LogP contribution is 2.03. The van der Waals surface area contributed by atoms with Gasteiger partial charge >= 0.3 is 0 Å². The summed E-state index contributed by atoms with van der Waals surface area (Å²) in [4.78, 5) is 0. The summed E-state index contributed by atoms with van der Waals surface area (Å²) in [5, 5.41) is 7.43. The van der Waals surface area contributed by atoms with Gasteiger partial charge in [0.15, 0.2) is 5.25 Å². The van der Waals surface area contributed by atoms with Crippen LogP contribution in [0.4, 0.5) is 0 Å². The molecule has 5 heteroatoms. The molecule has 1 N–H and O–H groups in total. The maximum Gasteiger partial charge on any atom is 0.227 e. The molecule has 0 rings (SSSR count). The SMILES string of the molecule is C#CCC(CC)NS(=O)(=O)C(C)C#N. The van der Waals surface area contributed by atoms with E-state index in [0.29, 0.717) is 12.8 Å². The molecule has 2 unspecified atom stereocenters. The Hall–Kier alpha value is -1.04. The quantitative estimate of drug-likeness (QED) is 0.682. The molecule has 0 bridgehead atoms. The second-order valence-corrected chi connectivity index (χ2v) is 4.98. The van der Waals surface area contributed by atoms with Crippen molar-refractivity contribution < 1.29 is 8.42 Å².